The van der Waals surface area contributed by atoms with Crippen molar-refractivity contribution in [3.05, 3.63) is 18.2 Å². The number of carbonyl (C=O) groups is 1. The van der Waals surface area contributed by atoms with Gasteiger partial charge in [0.25, 0.3) is 0 Å². The highest BCUT2D eigenvalue weighted by molar-refractivity contribution is 7.81. The van der Waals surface area contributed by atoms with E-state index in [0.29, 0.717) is 12.2 Å². The van der Waals surface area contributed by atoms with Gasteiger partial charge in [-0.3, -0.25) is 0 Å². The molecule has 17 heavy (non-hydrogen) atoms. The maximum Gasteiger partial charge on any atom is 0.329 e. The summed E-state index contributed by atoms with van der Waals surface area (Å²) >= 11 is 8.78. The molecule has 0 saturated heterocycles. The average molecular weight is 274 g/mol. The lowest BCUT2D eigenvalue weighted by atomic mass is 10.2. The number of aromatic amines is 1. The van der Waals surface area contributed by atoms with E-state index in [0.717, 1.165) is 5.69 Å². The largest absolute Gasteiger partial charge is 0.416 e. The summed E-state index contributed by atoms with van der Waals surface area (Å²) in [5.74, 6) is -0.302. The van der Waals surface area contributed by atoms with Crippen LogP contribution in [0.2, 0.25) is 0 Å². The Labute approximate surface area is 110 Å². The number of imidazole rings is 1. The Kier molecular flexibility index (Phi) is 5.56. The van der Waals surface area contributed by atoms with Crippen LogP contribution in [0, 0.1) is 0 Å². The van der Waals surface area contributed by atoms with Gasteiger partial charge in [0.2, 0.25) is 0 Å². The molecule has 0 aliphatic heterocycles. The minimum atomic E-state index is -0.805. The summed E-state index contributed by atoms with van der Waals surface area (Å²) < 4.78 is 4.87. The zero-order valence-electron chi connectivity index (χ0n) is 9.00. The van der Waals surface area contributed by atoms with Crippen molar-refractivity contribution in [2.24, 2.45) is 11.5 Å². The summed E-state index contributed by atoms with van der Waals surface area (Å²) in [7, 11) is 0. The van der Waals surface area contributed by atoms with Crippen molar-refractivity contribution in [1.29, 1.82) is 0 Å². The summed E-state index contributed by atoms with van der Waals surface area (Å²) in [6.45, 7) is 0. The van der Waals surface area contributed by atoms with Gasteiger partial charge in [0.05, 0.1) is 12.4 Å². The first-order valence-corrected chi connectivity index (χ1v) is 5.93. The number of hydrogen-bond donors (Lipinski definition) is 4. The lowest BCUT2D eigenvalue weighted by molar-refractivity contribution is -0.137. The summed E-state index contributed by atoms with van der Waals surface area (Å²) in [6.07, 6.45) is 3.40. The van der Waals surface area contributed by atoms with E-state index >= 15 is 0 Å². The second-order valence-corrected chi connectivity index (χ2v) is 4.18. The maximum absolute atomic E-state index is 11.6. The van der Waals surface area contributed by atoms with Crippen LogP contribution in [-0.2, 0) is 16.0 Å². The number of hydrogen-bond acceptors (Lipinski definition) is 7. The molecule has 1 rings (SSSR count). The number of nitrogens with zero attached hydrogens (tertiary/aromatic N) is 1. The predicted octanol–water partition coefficient (Wildman–Crippen LogP) is -0.593. The molecule has 0 aliphatic carbocycles. The van der Waals surface area contributed by atoms with Gasteiger partial charge in [0, 0.05) is 24.1 Å². The lowest BCUT2D eigenvalue weighted by Gasteiger charge is -2.13. The molecule has 2 atom stereocenters. The lowest BCUT2D eigenvalue weighted by Crippen LogP contribution is -2.40. The fourth-order valence-corrected chi connectivity index (χ4v) is 1.50. The first-order valence-electron chi connectivity index (χ1n) is 4.89. The van der Waals surface area contributed by atoms with Crippen molar-refractivity contribution in [1.82, 2.24) is 9.97 Å². The van der Waals surface area contributed by atoms with Gasteiger partial charge in [-0.2, -0.15) is 12.6 Å². The highest BCUT2D eigenvalue weighted by Crippen LogP contribution is 2.00. The molecule has 5 N–H and O–H groups in total. The van der Waals surface area contributed by atoms with Crippen molar-refractivity contribution in [2.75, 3.05) is 5.75 Å². The van der Waals surface area contributed by atoms with Crippen LogP contribution in [0.5, 0.6) is 0 Å². The number of nitrogens with one attached hydrogen (secondary N) is 1. The van der Waals surface area contributed by atoms with Crippen LogP contribution in [0.1, 0.15) is 5.69 Å². The van der Waals surface area contributed by atoms with Crippen LogP contribution in [0.3, 0.4) is 0 Å². The molecular weight excluding hydrogens is 260 g/mol. The normalized spacial score (nSPS) is 14.1. The number of H-pyrrole nitrogens is 1. The van der Waals surface area contributed by atoms with Crippen molar-refractivity contribution in [2.45, 2.75) is 18.5 Å². The molecule has 1 heterocycles. The number of ether oxygens (including phenoxy) is 1. The number of aromatic nitrogens is 2. The summed E-state index contributed by atoms with van der Waals surface area (Å²) in [6, 6.07) is -1.36. The van der Waals surface area contributed by atoms with Crippen LogP contribution >= 0.6 is 24.8 Å². The number of carbonyl (C=O) groups excluding carboxylic acids is 1. The fourth-order valence-electron chi connectivity index (χ4n) is 1.04. The van der Waals surface area contributed by atoms with Gasteiger partial charge in [-0.1, -0.05) is 0 Å². The van der Waals surface area contributed by atoms with Gasteiger partial charge < -0.3 is 21.2 Å². The Morgan fingerprint density at radius 3 is 2.82 bits per heavy atom. The molecule has 0 saturated carbocycles. The zero-order chi connectivity index (χ0) is 12.8. The van der Waals surface area contributed by atoms with E-state index in [1.54, 1.807) is 6.20 Å². The van der Waals surface area contributed by atoms with Gasteiger partial charge >= 0.3 is 5.97 Å². The Hall–Kier alpha value is -0.960. The van der Waals surface area contributed by atoms with E-state index < -0.39 is 18.1 Å². The first-order chi connectivity index (χ1) is 8.04. The van der Waals surface area contributed by atoms with Crippen LogP contribution in [0.15, 0.2) is 12.5 Å². The first kappa shape index (κ1) is 14.1. The Bertz CT molecular complexity index is 382. The van der Waals surface area contributed by atoms with Gasteiger partial charge in [-0.15, -0.1) is 0 Å². The Morgan fingerprint density at radius 1 is 1.59 bits per heavy atom. The monoisotopic (exact) mass is 274 g/mol. The smallest absolute Gasteiger partial charge is 0.329 e. The van der Waals surface area contributed by atoms with Crippen molar-refractivity contribution < 1.29 is 9.53 Å². The van der Waals surface area contributed by atoms with E-state index in [1.165, 1.54) is 6.33 Å². The minimum Gasteiger partial charge on any atom is -0.416 e. The second kappa shape index (κ2) is 6.70. The highest BCUT2D eigenvalue weighted by Gasteiger charge is 2.20. The van der Waals surface area contributed by atoms with Gasteiger partial charge in [0.1, 0.15) is 6.04 Å². The standard InChI is InChI=1S/C9H14N4O2S2/c10-6(1-5-2-12-4-13-5)8(14)15-9(17)7(11)3-16/h2,4,6-7,16H,1,3,10-11H2,(H,12,13)/t6-,7-/m0/s1. The third kappa shape index (κ3) is 4.43. The third-order valence-corrected chi connectivity index (χ3v) is 2.78. The molecule has 0 fully saturated rings. The van der Waals surface area contributed by atoms with Crippen molar-refractivity contribution >= 4 is 35.9 Å². The molecule has 0 aliphatic rings. The van der Waals surface area contributed by atoms with Gasteiger partial charge in [-0.05, 0) is 12.2 Å². The molecule has 0 aromatic carbocycles. The minimum absolute atomic E-state index is 0.00469. The molecule has 1 aromatic heterocycles. The fraction of sp³-hybridized carbons (Fsp3) is 0.444. The number of nitrogens with two attached hydrogens (primary N) is 2. The molecule has 0 unspecified atom stereocenters. The van der Waals surface area contributed by atoms with Crippen LogP contribution in [0.4, 0.5) is 0 Å². The number of rotatable bonds is 5. The Morgan fingerprint density at radius 2 is 2.29 bits per heavy atom. The second-order valence-electron chi connectivity index (χ2n) is 3.42. The molecule has 94 valence electrons. The maximum atomic E-state index is 11.6. The molecule has 1 aromatic rings. The van der Waals surface area contributed by atoms with Gasteiger partial charge in [0.15, 0.2) is 5.05 Å². The van der Waals surface area contributed by atoms with E-state index in [2.05, 4.69) is 22.6 Å². The highest BCUT2D eigenvalue weighted by atomic mass is 32.1. The summed E-state index contributed by atoms with van der Waals surface area (Å²) in [5, 5.41) is 0.00469. The average Bonchev–Trinajstić information content (AvgIpc) is 2.80. The predicted molar refractivity (Wildman–Crippen MR) is 70.8 cm³/mol. The summed E-state index contributed by atoms with van der Waals surface area (Å²) in [4.78, 5) is 18.2. The van der Waals surface area contributed by atoms with Crippen LogP contribution in [0.25, 0.3) is 0 Å². The van der Waals surface area contributed by atoms with E-state index in [9.17, 15) is 4.79 Å². The quantitative estimate of drug-likeness (QED) is 0.325. The SMILES string of the molecule is N[C@@H](Cc1cnc[nH]1)C(=O)OC(=S)[C@@H](N)CS. The van der Waals surface area contributed by atoms with Gasteiger partial charge in [-0.25, -0.2) is 9.78 Å². The molecule has 8 heteroatoms. The third-order valence-electron chi connectivity index (χ3n) is 2.00. The van der Waals surface area contributed by atoms with E-state index in [-0.39, 0.29) is 5.05 Å². The van der Waals surface area contributed by atoms with E-state index in [4.69, 9.17) is 28.4 Å². The van der Waals surface area contributed by atoms with Crippen molar-refractivity contribution in [3.8, 4) is 0 Å². The topological polar surface area (TPSA) is 107 Å². The zero-order valence-corrected chi connectivity index (χ0v) is 10.7. The van der Waals surface area contributed by atoms with Crippen molar-refractivity contribution in [3.63, 3.8) is 0 Å². The molecule has 0 bridgehead atoms. The molecular formula is C9H14N4O2S2. The summed E-state index contributed by atoms with van der Waals surface area (Å²) in [5.41, 5.74) is 12.0. The Balaban J connectivity index is 2.44. The molecule has 0 spiro atoms. The molecule has 6 nitrogen and oxygen atoms in total. The number of thiocarbonyl (C=S) groups is 1. The van der Waals surface area contributed by atoms with E-state index in [1.807, 2.05) is 0 Å². The molecule has 0 amide bonds. The molecule has 0 radical (unpaired) electrons. The van der Waals surface area contributed by atoms with Crippen LogP contribution < -0.4 is 11.5 Å². The number of esters is 1. The number of thiol groups is 1. The van der Waals surface area contributed by atoms with Crippen LogP contribution in [-0.4, -0.2) is 38.8 Å².